The molecule has 164 valence electrons. The van der Waals surface area contributed by atoms with Gasteiger partial charge in [0.25, 0.3) is 0 Å². The number of aryl methyl sites for hydroxylation is 2. The maximum Gasteiger partial charge on any atom is 0.246 e. The van der Waals surface area contributed by atoms with Crippen LogP contribution in [0.25, 0.3) is 5.69 Å². The molecule has 9 heteroatoms. The van der Waals surface area contributed by atoms with Crippen LogP contribution in [0.4, 0.5) is 16.0 Å². The Hall–Kier alpha value is -3.75. The van der Waals surface area contributed by atoms with Crippen molar-refractivity contribution in [3.05, 3.63) is 71.8 Å². The number of anilines is 2. The van der Waals surface area contributed by atoms with Gasteiger partial charge in [-0.05, 0) is 49.6 Å². The molecule has 1 aliphatic heterocycles. The first kappa shape index (κ1) is 20.2. The smallest absolute Gasteiger partial charge is 0.246 e. The van der Waals surface area contributed by atoms with Gasteiger partial charge in [-0.3, -0.25) is 0 Å². The molecular weight excluding hydrogens is 409 g/mol. The minimum Gasteiger partial charge on any atom is -0.494 e. The van der Waals surface area contributed by atoms with Crippen LogP contribution in [-0.2, 0) is 6.54 Å². The van der Waals surface area contributed by atoms with E-state index >= 15 is 0 Å². The average Bonchev–Trinajstić information content (AvgIpc) is 3.35. The molecule has 0 spiro atoms. The van der Waals surface area contributed by atoms with Crippen molar-refractivity contribution in [1.82, 2.24) is 29.5 Å². The van der Waals surface area contributed by atoms with Gasteiger partial charge in [0.05, 0.1) is 7.11 Å². The number of aromatic nitrogens is 6. The molecule has 8 nitrogen and oxygen atoms in total. The van der Waals surface area contributed by atoms with Gasteiger partial charge in [-0.2, -0.15) is 10.1 Å². The molecule has 1 unspecified atom stereocenters. The van der Waals surface area contributed by atoms with E-state index < -0.39 is 0 Å². The summed E-state index contributed by atoms with van der Waals surface area (Å²) in [7, 11) is 1.62. The SMILES string of the molecule is COc1cc(Nc2nc3n(n2)CCCCC3c2ccc(F)cc2)ccc1-n1cnc(C)n1. The second kappa shape index (κ2) is 8.41. The third kappa shape index (κ3) is 3.93. The fraction of sp³-hybridized carbons (Fsp3) is 0.304. The van der Waals surface area contributed by atoms with Crippen molar-refractivity contribution >= 4 is 11.6 Å². The number of benzene rings is 2. The highest BCUT2D eigenvalue weighted by Gasteiger charge is 2.24. The van der Waals surface area contributed by atoms with Gasteiger partial charge in [-0.1, -0.05) is 18.6 Å². The van der Waals surface area contributed by atoms with Crippen LogP contribution in [0.5, 0.6) is 5.75 Å². The first-order chi connectivity index (χ1) is 15.6. The van der Waals surface area contributed by atoms with E-state index in [9.17, 15) is 4.39 Å². The van der Waals surface area contributed by atoms with Gasteiger partial charge in [-0.25, -0.2) is 18.7 Å². The molecule has 1 atom stereocenters. The molecule has 1 aliphatic rings. The van der Waals surface area contributed by atoms with Crippen molar-refractivity contribution in [3.63, 3.8) is 0 Å². The lowest BCUT2D eigenvalue weighted by atomic mass is 9.93. The van der Waals surface area contributed by atoms with Gasteiger partial charge in [0.2, 0.25) is 5.95 Å². The van der Waals surface area contributed by atoms with Gasteiger partial charge in [0, 0.05) is 24.2 Å². The maximum atomic E-state index is 13.4. The topological polar surface area (TPSA) is 82.7 Å². The van der Waals surface area contributed by atoms with Crippen LogP contribution in [-0.4, -0.2) is 36.6 Å². The average molecular weight is 433 g/mol. The van der Waals surface area contributed by atoms with E-state index in [-0.39, 0.29) is 11.7 Å². The molecule has 0 amide bonds. The van der Waals surface area contributed by atoms with Crippen LogP contribution in [0.3, 0.4) is 0 Å². The summed E-state index contributed by atoms with van der Waals surface area (Å²) in [6, 6.07) is 12.4. The molecule has 0 radical (unpaired) electrons. The van der Waals surface area contributed by atoms with E-state index in [4.69, 9.17) is 14.8 Å². The summed E-state index contributed by atoms with van der Waals surface area (Å²) in [6.45, 7) is 2.65. The van der Waals surface area contributed by atoms with Crippen molar-refractivity contribution < 1.29 is 9.13 Å². The molecule has 2 aromatic carbocycles. The Bertz CT molecular complexity index is 1230. The largest absolute Gasteiger partial charge is 0.494 e. The first-order valence-electron chi connectivity index (χ1n) is 10.6. The number of hydrogen-bond donors (Lipinski definition) is 1. The molecular formula is C23H24FN7O. The molecule has 32 heavy (non-hydrogen) atoms. The van der Waals surface area contributed by atoms with Crippen LogP contribution in [0.1, 0.15) is 42.4 Å². The Labute approximate surface area is 185 Å². The minimum absolute atomic E-state index is 0.0913. The summed E-state index contributed by atoms with van der Waals surface area (Å²) in [5, 5.41) is 12.3. The lowest BCUT2D eigenvalue weighted by Gasteiger charge is -2.14. The number of halogens is 1. The number of rotatable bonds is 5. The van der Waals surface area contributed by atoms with E-state index in [1.54, 1.807) is 18.1 Å². The summed E-state index contributed by atoms with van der Waals surface area (Å²) < 4.78 is 22.6. The molecule has 1 N–H and O–H groups in total. The summed E-state index contributed by atoms with van der Waals surface area (Å²) in [4.78, 5) is 8.98. The molecule has 5 rings (SSSR count). The minimum atomic E-state index is -0.232. The van der Waals surface area contributed by atoms with Crippen molar-refractivity contribution in [2.75, 3.05) is 12.4 Å². The van der Waals surface area contributed by atoms with Gasteiger partial charge in [0.15, 0.2) is 0 Å². The Morgan fingerprint density at radius 3 is 2.69 bits per heavy atom. The molecule has 0 saturated heterocycles. The highest BCUT2D eigenvalue weighted by atomic mass is 19.1. The normalized spacial score (nSPS) is 15.8. The van der Waals surface area contributed by atoms with E-state index in [0.29, 0.717) is 17.5 Å². The third-order valence-electron chi connectivity index (χ3n) is 5.69. The lowest BCUT2D eigenvalue weighted by Crippen LogP contribution is -2.08. The molecule has 0 fully saturated rings. The highest BCUT2D eigenvalue weighted by Crippen LogP contribution is 2.33. The van der Waals surface area contributed by atoms with E-state index in [1.165, 1.54) is 12.1 Å². The Kier molecular flexibility index (Phi) is 5.30. The number of ether oxygens (including phenoxy) is 1. The van der Waals surface area contributed by atoms with Crippen LogP contribution >= 0.6 is 0 Å². The zero-order chi connectivity index (χ0) is 22.1. The van der Waals surface area contributed by atoms with Gasteiger partial charge < -0.3 is 10.1 Å². The molecule has 3 heterocycles. The first-order valence-corrected chi connectivity index (χ1v) is 10.6. The maximum absolute atomic E-state index is 13.4. The fourth-order valence-corrected chi connectivity index (χ4v) is 4.12. The number of nitrogens with one attached hydrogen (secondary N) is 1. The molecule has 2 aromatic heterocycles. The van der Waals surface area contributed by atoms with Crippen molar-refractivity contribution in [2.45, 2.75) is 38.6 Å². The summed E-state index contributed by atoms with van der Waals surface area (Å²) in [6.07, 6.45) is 4.73. The Balaban J connectivity index is 1.43. The number of methoxy groups -OCH3 is 1. The quantitative estimate of drug-likeness (QED) is 0.503. The summed E-state index contributed by atoms with van der Waals surface area (Å²) in [5.74, 6) is 2.63. The van der Waals surface area contributed by atoms with Crippen LogP contribution in [0, 0.1) is 12.7 Å². The summed E-state index contributed by atoms with van der Waals surface area (Å²) >= 11 is 0. The second-order valence-corrected chi connectivity index (χ2v) is 7.86. The van der Waals surface area contributed by atoms with Gasteiger partial charge in [0.1, 0.15) is 35.2 Å². The second-order valence-electron chi connectivity index (χ2n) is 7.86. The Morgan fingerprint density at radius 2 is 1.94 bits per heavy atom. The molecule has 0 aliphatic carbocycles. The van der Waals surface area contributed by atoms with Crippen LogP contribution in [0.2, 0.25) is 0 Å². The zero-order valence-electron chi connectivity index (χ0n) is 18.0. The van der Waals surface area contributed by atoms with Crippen LogP contribution in [0.15, 0.2) is 48.8 Å². The lowest BCUT2D eigenvalue weighted by molar-refractivity contribution is 0.412. The van der Waals surface area contributed by atoms with Crippen LogP contribution < -0.4 is 10.1 Å². The van der Waals surface area contributed by atoms with Crippen molar-refractivity contribution in [2.24, 2.45) is 0 Å². The predicted molar refractivity (Wildman–Crippen MR) is 118 cm³/mol. The van der Waals surface area contributed by atoms with Crippen molar-refractivity contribution in [3.8, 4) is 11.4 Å². The third-order valence-corrected chi connectivity index (χ3v) is 5.69. The van der Waals surface area contributed by atoms with E-state index in [2.05, 4.69) is 15.4 Å². The van der Waals surface area contributed by atoms with E-state index in [0.717, 1.165) is 48.6 Å². The molecule has 0 saturated carbocycles. The van der Waals surface area contributed by atoms with Crippen molar-refractivity contribution in [1.29, 1.82) is 0 Å². The molecule has 0 bridgehead atoms. The number of fused-ring (bicyclic) bond motifs is 1. The number of nitrogens with zero attached hydrogens (tertiary/aromatic N) is 6. The highest BCUT2D eigenvalue weighted by molar-refractivity contribution is 5.61. The zero-order valence-corrected chi connectivity index (χ0v) is 18.0. The Morgan fingerprint density at radius 1 is 1.09 bits per heavy atom. The molecule has 4 aromatic rings. The monoisotopic (exact) mass is 433 g/mol. The fourth-order valence-electron chi connectivity index (χ4n) is 4.12. The summed E-state index contributed by atoms with van der Waals surface area (Å²) in [5.41, 5.74) is 2.66. The van der Waals surface area contributed by atoms with Gasteiger partial charge >= 0.3 is 0 Å². The predicted octanol–water partition coefficient (Wildman–Crippen LogP) is 4.37. The van der Waals surface area contributed by atoms with E-state index in [1.807, 2.05) is 41.9 Å². The number of hydrogen-bond acceptors (Lipinski definition) is 6. The standard InChI is InChI=1S/C23H24FN7O/c1-15-25-14-31(28-15)20-11-10-18(13-21(20)32-2)26-23-27-22-19(5-3-4-12-30(22)29-23)16-6-8-17(24)9-7-16/h6-11,13-14,19H,3-5,12H2,1-2H3,(H,26,29). The van der Waals surface area contributed by atoms with Gasteiger partial charge in [-0.15, -0.1) is 5.10 Å².